The Morgan fingerprint density at radius 1 is 1.50 bits per heavy atom. The molecular formula is C5H4BrNS. The van der Waals surface area contributed by atoms with E-state index in [1.807, 2.05) is 12.1 Å². The van der Waals surface area contributed by atoms with E-state index in [1.165, 1.54) is 0 Å². The monoisotopic (exact) mass is 189 g/mol. The summed E-state index contributed by atoms with van der Waals surface area (Å²) in [7, 11) is 0. The van der Waals surface area contributed by atoms with Gasteiger partial charge in [0.15, 0.2) is 0 Å². The summed E-state index contributed by atoms with van der Waals surface area (Å²) < 4.78 is 0.843. The van der Waals surface area contributed by atoms with Crippen LogP contribution < -0.4 is 0 Å². The fraction of sp³-hybridized carbons (Fsp3) is 0. The first-order chi connectivity index (χ1) is 3.79. The molecule has 1 rings (SSSR count). The van der Waals surface area contributed by atoms with E-state index in [4.69, 9.17) is 0 Å². The van der Waals surface area contributed by atoms with Crippen molar-refractivity contribution in [1.29, 1.82) is 0 Å². The first-order valence-corrected chi connectivity index (χ1v) is 3.33. The maximum Gasteiger partial charge on any atom is 0.106 e. The summed E-state index contributed by atoms with van der Waals surface area (Å²) in [5.41, 5.74) is 0. The summed E-state index contributed by atoms with van der Waals surface area (Å²) in [6.45, 7) is 0. The number of aromatic nitrogens is 1. The molecule has 0 spiro atoms. The fourth-order valence-electron chi connectivity index (χ4n) is 0.368. The quantitative estimate of drug-likeness (QED) is 0.488. The molecule has 42 valence electrons. The third-order valence-electron chi connectivity index (χ3n) is 0.712. The molecular weight excluding hydrogens is 186 g/mol. The number of thiol groups is 1. The van der Waals surface area contributed by atoms with Crippen molar-refractivity contribution in [3.63, 3.8) is 0 Å². The molecule has 0 saturated heterocycles. The summed E-state index contributed by atoms with van der Waals surface area (Å²) in [6, 6.07) is 3.72. The molecule has 1 heterocycles. The van der Waals surface area contributed by atoms with Crippen molar-refractivity contribution < 1.29 is 0 Å². The lowest BCUT2D eigenvalue weighted by Gasteiger charge is -1.87. The Kier molecular flexibility index (Phi) is 1.91. The normalized spacial score (nSPS) is 9.25. The van der Waals surface area contributed by atoms with Gasteiger partial charge in [-0.25, -0.2) is 4.98 Å². The minimum Gasteiger partial charge on any atom is -0.248 e. The number of rotatable bonds is 0. The van der Waals surface area contributed by atoms with Gasteiger partial charge in [-0.1, -0.05) is 0 Å². The smallest absolute Gasteiger partial charge is 0.106 e. The first-order valence-electron chi connectivity index (χ1n) is 2.09. The second-order valence-corrected chi connectivity index (χ2v) is 2.67. The van der Waals surface area contributed by atoms with Crippen LogP contribution in [0.5, 0.6) is 0 Å². The highest BCUT2D eigenvalue weighted by atomic mass is 79.9. The molecule has 0 saturated carbocycles. The van der Waals surface area contributed by atoms with Crippen molar-refractivity contribution in [2.24, 2.45) is 0 Å². The van der Waals surface area contributed by atoms with Crippen LogP contribution in [-0.2, 0) is 0 Å². The molecule has 8 heavy (non-hydrogen) atoms. The average Bonchev–Trinajstić information content (AvgIpc) is 1.77. The molecule has 0 fully saturated rings. The number of halogens is 1. The summed E-state index contributed by atoms with van der Waals surface area (Å²) in [5.74, 6) is 0. The predicted molar refractivity (Wildman–Crippen MR) is 39.2 cm³/mol. The van der Waals surface area contributed by atoms with Crippen molar-refractivity contribution in [2.45, 2.75) is 4.90 Å². The van der Waals surface area contributed by atoms with Crippen LogP contribution >= 0.6 is 28.6 Å². The number of nitrogens with zero attached hydrogens (tertiary/aromatic N) is 1. The molecule has 0 aliphatic rings. The Hall–Kier alpha value is -0.0200. The van der Waals surface area contributed by atoms with Gasteiger partial charge in [-0.15, -0.1) is 12.6 Å². The Morgan fingerprint density at radius 2 is 2.25 bits per heavy atom. The van der Waals surface area contributed by atoms with E-state index < -0.39 is 0 Å². The van der Waals surface area contributed by atoms with Crippen molar-refractivity contribution >= 4 is 28.6 Å². The third-order valence-corrected chi connectivity index (χ3v) is 1.45. The lowest BCUT2D eigenvalue weighted by atomic mass is 10.5. The molecule has 0 atom stereocenters. The van der Waals surface area contributed by atoms with Gasteiger partial charge in [0.2, 0.25) is 0 Å². The zero-order valence-electron chi connectivity index (χ0n) is 4.00. The zero-order chi connectivity index (χ0) is 5.98. The predicted octanol–water partition coefficient (Wildman–Crippen LogP) is 2.13. The lowest BCUT2D eigenvalue weighted by Crippen LogP contribution is -1.71. The van der Waals surface area contributed by atoms with Gasteiger partial charge in [-0.05, 0) is 28.1 Å². The van der Waals surface area contributed by atoms with Crippen LogP contribution in [0.1, 0.15) is 0 Å². The van der Waals surface area contributed by atoms with Crippen LogP contribution in [0.4, 0.5) is 0 Å². The molecule has 0 radical (unpaired) electrons. The Bertz CT molecular complexity index is 151. The van der Waals surface area contributed by atoms with E-state index >= 15 is 0 Å². The Morgan fingerprint density at radius 3 is 2.62 bits per heavy atom. The highest BCUT2D eigenvalue weighted by Crippen LogP contribution is 2.07. The lowest BCUT2D eigenvalue weighted by molar-refractivity contribution is 1.20. The first kappa shape index (κ1) is 6.11. The zero-order valence-corrected chi connectivity index (χ0v) is 6.48. The summed E-state index contributed by atoms with van der Waals surface area (Å²) in [4.78, 5) is 4.80. The molecule has 1 aromatic heterocycles. The van der Waals surface area contributed by atoms with Gasteiger partial charge in [0.05, 0.1) is 0 Å². The van der Waals surface area contributed by atoms with Crippen molar-refractivity contribution in [1.82, 2.24) is 4.98 Å². The van der Waals surface area contributed by atoms with Crippen LogP contribution in [0.15, 0.2) is 27.8 Å². The Labute approximate surface area is 61.7 Å². The van der Waals surface area contributed by atoms with E-state index in [1.54, 1.807) is 6.20 Å². The van der Waals surface area contributed by atoms with E-state index in [-0.39, 0.29) is 0 Å². The second kappa shape index (κ2) is 2.51. The van der Waals surface area contributed by atoms with Gasteiger partial charge in [0, 0.05) is 11.1 Å². The molecule has 0 aliphatic carbocycles. The van der Waals surface area contributed by atoms with Crippen molar-refractivity contribution in [3.8, 4) is 0 Å². The van der Waals surface area contributed by atoms with E-state index in [2.05, 4.69) is 33.5 Å². The maximum atomic E-state index is 4.05. The third kappa shape index (κ3) is 1.49. The Balaban J connectivity index is 3.03. The topological polar surface area (TPSA) is 12.9 Å². The van der Waals surface area contributed by atoms with Gasteiger partial charge in [-0.3, -0.25) is 0 Å². The molecule has 0 N–H and O–H groups in total. The number of hydrogen-bond acceptors (Lipinski definition) is 2. The minimum atomic E-state index is 0.843. The van der Waals surface area contributed by atoms with Gasteiger partial charge >= 0.3 is 0 Å². The van der Waals surface area contributed by atoms with Gasteiger partial charge in [0.25, 0.3) is 0 Å². The molecule has 0 bridgehead atoms. The minimum absolute atomic E-state index is 0.843. The molecule has 0 aliphatic heterocycles. The van der Waals surface area contributed by atoms with Crippen LogP contribution in [0.2, 0.25) is 0 Å². The van der Waals surface area contributed by atoms with Gasteiger partial charge < -0.3 is 0 Å². The fourth-order valence-corrected chi connectivity index (χ4v) is 0.735. The molecule has 0 amide bonds. The molecule has 1 nitrogen and oxygen atoms in total. The van der Waals surface area contributed by atoms with Crippen molar-refractivity contribution in [3.05, 3.63) is 22.9 Å². The van der Waals surface area contributed by atoms with Gasteiger partial charge in [-0.2, -0.15) is 0 Å². The summed E-state index contributed by atoms with van der Waals surface area (Å²) >= 11 is 7.25. The number of hydrogen-bond donors (Lipinski definition) is 1. The standard InChI is InChI=1S/C5H4BrNS/c6-5-2-1-4(8)3-7-5/h1-3,8H. The molecule has 1 aromatic rings. The van der Waals surface area contributed by atoms with Crippen LogP contribution in [0.3, 0.4) is 0 Å². The van der Waals surface area contributed by atoms with Gasteiger partial charge in [0.1, 0.15) is 4.60 Å². The largest absolute Gasteiger partial charge is 0.248 e. The van der Waals surface area contributed by atoms with Crippen LogP contribution in [-0.4, -0.2) is 4.98 Å². The molecule has 3 heteroatoms. The van der Waals surface area contributed by atoms with Crippen LogP contribution in [0, 0.1) is 0 Å². The highest BCUT2D eigenvalue weighted by molar-refractivity contribution is 9.10. The van der Waals surface area contributed by atoms with E-state index in [9.17, 15) is 0 Å². The molecule has 0 aromatic carbocycles. The SMILES string of the molecule is Sc1ccc(Br)nc1. The average molecular weight is 190 g/mol. The van der Waals surface area contributed by atoms with E-state index in [0.29, 0.717) is 0 Å². The van der Waals surface area contributed by atoms with Crippen molar-refractivity contribution in [2.75, 3.05) is 0 Å². The maximum absolute atomic E-state index is 4.05. The van der Waals surface area contributed by atoms with E-state index in [0.717, 1.165) is 9.50 Å². The second-order valence-electron chi connectivity index (χ2n) is 1.34. The highest BCUT2D eigenvalue weighted by Gasteiger charge is 1.83. The summed E-state index contributed by atoms with van der Waals surface area (Å²) in [5, 5.41) is 0. The molecule has 0 unspecified atom stereocenters. The number of pyridine rings is 1. The summed E-state index contributed by atoms with van der Waals surface area (Å²) in [6.07, 6.45) is 1.69. The van der Waals surface area contributed by atoms with Crippen LogP contribution in [0.25, 0.3) is 0 Å².